The summed E-state index contributed by atoms with van der Waals surface area (Å²) in [4.78, 5) is 8.43. The summed E-state index contributed by atoms with van der Waals surface area (Å²) in [6, 6.07) is 28.0. The maximum atomic E-state index is 12.7. The van der Waals surface area contributed by atoms with E-state index in [1.54, 1.807) is 25.3 Å². The summed E-state index contributed by atoms with van der Waals surface area (Å²) < 4.78 is 31.2. The van der Waals surface area contributed by atoms with Gasteiger partial charge in [-0.3, -0.25) is 4.99 Å². The van der Waals surface area contributed by atoms with Crippen LogP contribution in [0, 0.1) is 47.0 Å². The van der Waals surface area contributed by atoms with Crippen molar-refractivity contribution < 1.29 is 32.5 Å². The number of aliphatic imine (C=N–C) groups is 1. The minimum Gasteiger partial charge on any atom is -0.383 e. The van der Waals surface area contributed by atoms with Crippen LogP contribution in [-0.2, 0) is 38.8 Å². The van der Waals surface area contributed by atoms with Crippen LogP contribution in [-0.4, -0.2) is 46.9 Å². The summed E-state index contributed by atoms with van der Waals surface area (Å²) in [6.07, 6.45) is 13.3. The molecule has 2 fully saturated rings. The van der Waals surface area contributed by atoms with Crippen molar-refractivity contribution in [2.24, 2.45) is 26.0 Å². The van der Waals surface area contributed by atoms with Gasteiger partial charge in [-0.2, -0.15) is 21.3 Å². The predicted octanol–water partition coefficient (Wildman–Crippen LogP) is 10.7. The Labute approximate surface area is 444 Å². The Hall–Kier alpha value is -3.40. The van der Waals surface area contributed by atoms with Crippen LogP contribution in [0.5, 0.6) is 0 Å². The van der Waals surface area contributed by atoms with E-state index in [9.17, 15) is 9.47 Å². The Morgan fingerprint density at radius 2 is 1.40 bits per heavy atom. The first-order valence-electron chi connectivity index (χ1n) is 22.9. The van der Waals surface area contributed by atoms with Gasteiger partial charge >= 0.3 is 18.9 Å². The average molecular weight is 1120 g/mol. The molecule has 2 saturated carbocycles. The summed E-state index contributed by atoms with van der Waals surface area (Å²) in [6.45, 7) is 18.4. The third-order valence-electron chi connectivity index (χ3n) is 13.9. The zero-order chi connectivity index (χ0) is 48.7. The Bertz CT molecular complexity index is 2680. The van der Waals surface area contributed by atoms with E-state index >= 15 is 0 Å². The van der Waals surface area contributed by atoms with Crippen molar-refractivity contribution in [3.8, 4) is 12.1 Å². The van der Waals surface area contributed by atoms with Crippen LogP contribution in [0.4, 0.5) is 5.69 Å². The number of halogens is 3. The molecule has 2 unspecified atom stereocenters. The molecule has 0 radical (unpaired) electrons. The average Bonchev–Trinajstić information content (AvgIpc) is 3.89. The second-order valence-corrected chi connectivity index (χ2v) is 23.6. The monoisotopic (exact) mass is 1120 g/mol. The number of benzene rings is 4. The second-order valence-electron chi connectivity index (χ2n) is 19.0. The van der Waals surface area contributed by atoms with Crippen LogP contribution in [0.1, 0.15) is 136 Å². The van der Waals surface area contributed by atoms with Crippen LogP contribution in [0.25, 0.3) is 4.85 Å². The van der Waals surface area contributed by atoms with E-state index in [1.807, 2.05) is 46.1 Å². The number of nitrogens with two attached hydrogens (primary N) is 1. The number of rotatable bonds is 4. The van der Waals surface area contributed by atoms with Gasteiger partial charge in [-0.05, 0) is 156 Å². The standard InChI is InChI=1S/C23H22BrN3O.C19H26BrNO2S.C8H3BrN2.C4H9.Li/c1-28-17-6-8-22(9-7-17)12-15-3-4-16(24)11-20(15)23(22)19-5-2-14(13-25)10-18(19)21(26)27-23;1-18(2,3)24(22)21-17-16-11-14(20)6-5-13(16)12-19(17)9-7-15(23-4)8-10-19;1-11-8-4-6(5-10)2-3-7(8)9;1-3-4-2;/h2-5,10-11,17H,6-9,12H2,1H3,(H2,26,27);5-6,11,15H,7-10,12H2,1-4H3;2-4H;1,3-4H2,2H3;/q;;;-1;+1. The number of methoxy groups -OCH3 is 2. The first-order valence-corrected chi connectivity index (χ1v) is 26.4. The van der Waals surface area contributed by atoms with Crippen LogP contribution in [0.3, 0.4) is 0 Å². The molecule has 2 N–H and O–H groups in total. The number of hydrogen-bond donors (Lipinski definition) is 1. The van der Waals surface area contributed by atoms with E-state index < -0.39 is 16.5 Å². The van der Waals surface area contributed by atoms with Crippen LogP contribution >= 0.6 is 47.8 Å². The fourth-order valence-corrected chi connectivity index (χ4v) is 12.1. The molecule has 1 aliphatic heterocycles. The number of unbranched alkanes of at least 4 members (excludes halogenated alkanes) is 1. The number of fused-ring (bicyclic) bond motifs is 6. The largest absolute Gasteiger partial charge is 1.00 e. The first-order chi connectivity index (χ1) is 32.0. The van der Waals surface area contributed by atoms with Gasteiger partial charge in [0.25, 0.3) is 0 Å². The molecule has 2 atom stereocenters. The smallest absolute Gasteiger partial charge is 0.383 e. The Balaban J connectivity index is 0.000000196. The van der Waals surface area contributed by atoms with Crippen molar-refractivity contribution in [3.63, 3.8) is 0 Å². The van der Waals surface area contributed by atoms with Gasteiger partial charge in [-0.1, -0.05) is 85.4 Å². The molecular formula is C54H60Br3LiN6O3S. The summed E-state index contributed by atoms with van der Waals surface area (Å²) in [5.41, 5.74) is 15.9. The molecule has 14 heteroatoms. The van der Waals surface area contributed by atoms with Gasteiger partial charge < -0.3 is 22.1 Å². The molecular weight excluding hydrogens is 1060 g/mol. The quantitative estimate of drug-likeness (QED) is 0.160. The van der Waals surface area contributed by atoms with Gasteiger partial charge in [-0.15, -0.1) is 0 Å². The summed E-state index contributed by atoms with van der Waals surface area (Å²) in [7, 11) is 2.37. The van der Waals surface area contributed by atoms with Crippen LogP contribution in [0.15, 0.2) is 95.6 Å². The number of hydrogen-bond acceptors (Lipinski definition) is 7. The zero-order valence-electron chi connectivity index (χ0n) is 40.4. The van der Waals surface area contributed by atoms with Crippen LogP contribution in [0.2, 0.25) is 0 Å². The third-order valence-corrected chi connectivity index (χ3v) is 17.0. The van der Waals surface area contributed by atoms with Gasteiger partial charge in [0.1, 0.15) is 22.4 Å². The topological polar surface area (TPSA) is 138 Å². The first kappa shape index (κ1) is 55.5. The fraction of sp³-hybridized carbons (Fsp3) is 0.444. The molecule has 4 aliphatic carbocycles. The van der Waals surface area contributed by atoms with Gasteiger partial charge in [0.15, 0.2) is 0 Å². The van der Waals surface area contributed by atoms with E-state index in [1.165, 1.54) is 28.7 Å². The van der Waals surface area contributed by atoms with E-state index in [2.05, 4.69) is 115 Å². The number of amidine groups is 1. The van der Waals surface area contributed by atoms with Crippen molar-refractivity contribution >= 4 is 76.0 Å². The fourth-order valence-electron chi connectivity index (χ4n) is 10.3. The van der Waals surface area contributed by atoms with Crippen LogP contribution < -0.4 is 24.6 Å². The Morgan fingerprint density at radius 3 is 1.96 bits per heavy atom. The maximum absolute atomic E-state index is 12.7. The van der Waals surface area contributed by atoms with E-state index in [4.69, 9.17) is 36.4 Å². The molecule has 4 aromatic carbocycles. The molecule has 1 heterocycles. The number of nitriles is 2. The van der Waals surface area contributed by atoms with Crippen molar-refractivity contribution in [2.45, 2.75) is 127 Å². The molecule has 0 bridgehead atoms. The third kappa shape index (κ3) is 11.5. The predicted molar refractivity (Wildman–Crippen MR) is 282 cm³/mol. The van der Waals surface area contributed by atoms with Gasteiger partial charge in [0.05, 0.1) is 46.9 Å². The molecule has 352 valence electrons. The zero-order valence-corrected chi connectivity index (χ0v) is 45.9. The molecule has 9 rings (SSSR count). The molecule has 0 aromatic heterocycles. The van der Waals surface area contributed by atoms with Gasteiger partial charge in [0.2, 0.25) is 5.69 Å². The van der Waals surface area contributed by atoms with E-state index in [0.29, 0.717) is 34.9 Å². The second kappa shape index (κ2) is 23.7. The number of nitrogens with zero attached hydrogens (tertiary/aromatic N) is 5. The Morgan fingerprint density at radius 1 is 0.838 bits per heavy atom. The molecule has 5 aliphatic rings. The van der Waals surface area contributed by atoms with Crippen molar-refractivity contribution in [1.82, 2.24) is 0 Å². The van der Waals surface area contributed by atoms with E-state index in [0.717, 1.165) is 101 Å². The number of ether oxygens (including phenoxy) is 2. The SMILES string of the molecule is COC1CCC2(CC1)Cc1ccc(Br)cc1C21N=C(N)c2cc(C#N)ccc21.COC1CCC2(CC1)Cc1ccc(Br)cc1C2=NS(=O)C(C)(C)C.[C-]#[N+]c1cc(C#N)ccc1Br.[CH2-]CCC.[Li+]. The minimum atomic E-state index is -1.24. The molecule has 9 nitrogen and oxygen atoms in total. The molecule has 3 spiro atoms. The van der Waals surface area contributed by atoms with Gasteiger partial charge in [-0.25, -0.2) is 9.05 Å². The van der Waals surface area contributed by atoms with E-state index in [-0.39, 0.29) is 34.4 Å². The molecule has 4 aromatic rings. The normalized spacial score (nSPS) is 24.8. The van der Waals surface area contributed by atoms with Gasteiger partial charge in [0, 0.05) is 55.2 Å². The Kier molecular flexibility index (Phi) is 19.3. The maximum Gasteiger partial charge on any atom is 1.00 e. The van der Waals surface area contributed by atoms with Crippen molar-refractivity contribution in [3.05, 3.63) is 149 Å². The van der Waals surface area contributed by atoms with Crippen molar-refractivity contribution in [2.75, 3.05) is 14.2 Å². The molecule has 68 heavy (non-hydrogen) atoms. The summed E-state index contributed by atoms with van der Waals surface area (Å²) in [5.74, 6) is 0.549. The molecule has 0 amide bonds. The summed E-state index contributed by atoms with van der Waals surface area (Å²) in [5, 5.41) is 17.8. The van der Waals surface area contributed by atoms with Crippen molar-refractivity contribution in [1.29, 1.82) is 10.5 Å². The summed E-state index contributed by atoms with van der Waals surface area (Å²) >= 11 is 10.4. The minimum absolute atomic E-state index is 0. The molecule has 0 saturated heterocycles.